The summed E-state index contributed by atoms with van der Waals surface area (Å²) in [7, 11) is 2.41. The van der Waals surface area contributed by atoms with Crippen LogP contribution in [0.3, 0.4) is 0 Å². The van der Waals surface area contributed by atoms with Crippen LogP contribution in [0.2, 0.25) is 0 Å². The molecule has 0 bridgehead atoms. The molecule has 0 aliphatic carbocycles. The summed E-state index contributed by atoms with van der Waals surface area (Å²) < 4.78 is 1.30. The van der Waals surface area contributed by atoms with Crippen LogP contribution in [0.1, 0.15) is 40.0 Å². The number of quaternary nitrogens is 1. The first kappa shape index (κ1) is 9.05. The minimum Gasteiger partial charge on any atom is -0.322 e. The van der Waals surface area contributed by atoms with Crippen molar-refractivity contribution in [3.8, 4) is 0 Å². The molecule has 1 aliphatic heterocycles. The van der Waals surface area contributed by atoms with Crippen LogP contribution in [0.15, 0.2) is 0 Å². The number of hydrogen-bond donors (Lipinski definition) is 0. The first-order valence-electron chi connectivity index (χ1n) is 4.92. The van der Waals surface area contributed by atoms with E-state index in [1.165, 1.54) is 36.8 Å². The lowest BCUT2D eigenvalue weighted by Gasteiger charge is -2.43. The molecule has 2 atom stereocenters. The third-order valence-corrected chi connectivity index (χ3v) is 4.13. The van der Waals surface area contributed by atoms with E-state index in [-0.39, 0.29) is 0 Å². The zero-order chi connectivity index (χ0) is 8.54. The number of nitrogens with zero attached hydrogens (tertiary/aromatic N) is 1. The Kier molecular flexibility index (Phi) is 2.29. The summed E-state index contributed by atoms with van der Waals surface area (Å²) in [6, 6.07) is 0. The molecule has 1 rings (SSSR count). The van der Waals surface area contributed by atoms with Crippen LogP contribution in [-0.4, -0.2) is 30.2 Å². The van der Waals surface area contributed by atoms with Gasteiger partial charge in [0.1, 0.15) is 0 Å². The largest absolute Gasteiger partial charge is 0.322 e. The smallest absolute Gasteiger partial charge is 0.0961 e. The Morgan fingerprint density at radius 2 is 2.00 bits per heavy atom. The molecule has 1 heteroatoms. The van der Waals surface area contributed by atoms with Gasteiger partial charge in [-0.1, -0.05) is 6.92 Å². The number of likely N-dealkylation sites (tertiary alicyclic amines) is 1. The van der Waals surface area contributed by atoms with Crippen molar-refractivity contribution in [1.82, 2.24) is 0 Å². The van der Waals surface area contributed by atoms with E-state index in [4.69, 9.17) is 0 Å². The van der Waals surface area contributed by atoms with Gasteiger partial charge in [0.25, 0.3) is 0 Å². The Morgan fingerprint density at radius 1 is 1.36 bits per heavy atom. The van der Waals surface area contributed by atoms with Gasteiger partial charge in [-0.3, -0.25) is 0 Å². The lowest BCUT2D eigenvalue weighted by molar-refractivity contribution is -0.943. The van der Waals surface area contributed by atoms with Crippen molar-refractivity contribution in [1.29, 1.82) is 0 Å². The maximum atomic E-state index is 2.45. The van der Waals surface area contributed by atoms with Crippen molar-refractivity contribution in [3.05, 3.63) is 0 Å². The molecule has 0 N–H and O–H groups in total. The first-order valence-corrected chi connectivity index (χ1v) is 4.92. The highest BCUT2D eigenvalue weighted by Gasteiger charge is 2.45. The molecule has 11 heavy (non-hydrogen) atoms. The highest BCUT2D eigenvalue weighted by atomic mass is 15.4. The van der Waals surface area contributed by atoms with Crippen LogP contribution in [-0.2, 0) is 0 Å². The summed E-state index contributed by atoms with van der Waals surface area (Å²) in [6.45, 7) is 9.78. The minimum absolute atomic E-state index is 0.578. The van der Waals surface area contributed by atoms with Gasteiger partial charge in [-0.2, -0.15) is 0 Å². The molecule has 0 aromatic rings. The topological polar surface area (TPSA) is 0 Å². The van der Waals surface area contributed by atoms with Crippen LogP contribution in [0, 0.1) is 0 Å². The predicted molar refractivity (Wildman–Crippen MR) is 49.5 cm³/mol. The van der Waals surface area contributed by atoms with Crippen molar-refractivity contribution in [2.24, 2.45) is 0 Å². The van der Waals surface area contributed by atoms with Crippen LogP contribution in [0.25, 0.3) is 0 Å². The molecule has 1 heterocycles. The third kappa shape index (κ3) is 1.20. The van der Waals surface area contributed by atoms with Crippen LogP contribution < -0.4 is 0 Å². The maximum absolute atomic E-state index is 2.45. The summed E-state index contributed by atoms with van der Waals surface area (Å²) in [5.41, 5.74) is 0.578. The van der Waals surface area contributed by atoms with Gasteiger partial charge in [-0.15, -0.1) is 0 Å². The van der Waals surface area contributed by atoms with Gasteiger partial charge in [0.05, 0.1) is 25.7 Å². The summed E-state index contributed by atoms with van der Waals surface area (Å²) >= 11 is 0. The molecule has 0 radical (unpaired) electrons. The van der Waals surface area contributed by atoms with E-state index in [0.29, 0.717) is 5.54 Å². The van der Waals surface area contributed by atoms with E-state index in [1.807, 2.05) is 0 Å². The van der Waals surface area contributed by atoms with Crippen molar-refractivity contribution in [2.75, 3.05) is 20.1 Å². The van der Waals surface area contributed by atoms with Gasteiger partial charge < -0.3 is 4.48 Å². The zero-order valence-corrected chi connectivity index (χ0v) is 8.48. The molecule has 1 fully saturated rings. The van der Waals surface area contributed by atoms with Gasteiger partial charge in [-0.25, -0.2) is 0 Å². The molecule has 0 spiro atoms. The van der Waals surface area contributed by atoms with Crippen molar-refractivity contribution in [3.63, 3.8) is 0 Å². The predicted octanol–water partition coefficient (Wildman–Crippen LogP) is 2.42. The third-order valence-electron chi connectivity index (χ3n) is 4.13. The van der Waals surface area contributed by atoms with E-state index in [1.54, 1.807) is 0 Å². The quantitative estimate of drug-likeness (QED) is 0.539. The Labute approximate surface area is 71.0 Å². The Bertz CT molecular complexity index is 128. The van der Waals surface area contributed by atoms with Gasteiger partial charge in [0.2, 0.25) is 0 Å². The molecule has 66 valence electrons. The molecule has 1 aliphatic rings. The monoisotopic (exact) mass is 156 g/mol. The fourth-order valence-electron chi connectivity index (χ4n) is 2.45. The second kappa shape index (κ2) is 2.78. The molecule has 0 aromatic carbocycles. The maximum Gasteiger partial charge on any atom is 0.0961 e. The van der Waals surface area contributed by atoms with E-state index >= 15 is 0 Å². The van der Waals surface area contributed by atoms with E-state index < -0.39 is 0 Å². The van der Waals surface area contributed by atoms with Gasteiger partial charge >= 0.3 is 0 Å². The Hall–Kier alpha value is -0.0400. The highest BCUT2D eigenvalue weighted by Crippen LogP contribution is 2.37. The lowest BCUT2D eigenvalue weighted by atomic mass is 9.94. The van der Waals surface area contributed by atoms with Crippen LogP contribution in [0.4, 0.5) is 0 Å². The molecular formula is C10H22N+. The number of hydrogen-bond acceptors (Lipinski definition) is 0. The van der Waals surface area contributed by atoms with Gasteiger partial charge in [0, 0.05) is 12.8 Å². The summed E-state index contributed by atoms with van der Waals surface area (Å²) in [4.78, 5) is 0. The average Bonchev–Trinajstić information content (AvgIpc) is 2.31. The number of rotatable bonds is 2. The Balaban J connectivity index is 2.79. The molecule has 0 aromatic heterocycles. The molecule has 0 saturated carbocycles. The zero-order valence-electron chi connectivity index (χ0n) is 8.48. The van der Waals surface area contributed by atoms with E-state index in [2.05, 4.69) is 27.8 Å². The van der Waals surface area contributed by atoms with Gasteiger partial charge in [0.15, 0.2) is 0 Å². The van der Waals surface area contributed by atoms with Crippen molar-refractivity contribution < 1.29 is 4.48 Å². The molecule has 0 amide bonds. The fourth-order valence-corrected chi connectivity index (χ4v) is 2.45. The van der Waals surface area contributed by atoms with Gasteiger partial charge in [-0.05, 0) is 20.3 Å². The lowest BCUT2D eigenvalue weighted by Crippen LogP contribution is -2.55. The van der Waals surface area contributed by atoms with E-state index in [0.717, 1.165) is 0 Å². The molecule has 1 saturated heterocycles. The first-order chi connectivity index (χ1) is 5.08. The molecular weight excluding hydrogens is 134 g/mol. The summed E-state index contributed by atoms with van der Waals surface area (Å²) in [6.07, 6.45) is 4.18. The fraction of sp³-hybridized carbons (Fsp3) is 1.00. The second-order valence-corrected chi connectivity index (χ2v) is 4.39. The average molecular weight is 156 g/mol. The van der Waals surface area contributed by atoms with Crippen molar-refractivity contribution >= 4 is 0 Å². The summed E-state index contributed by atoms with van der Waals surface area (Å²) in [5.74, 6) is 0. The van der Waals surface area contributed by atoms with Crippen LogP contribution in [0.5, 0.6) is 0 Å². The van der Waals surface area contributed by atoms with Crippen LogP contribution >= 0.6 is 0 Å². The minimum atomic E-state index is 0.578. The van der Waals surface area contributed by atoms with Crippen molar-refractivity contribution in [2.45, 2.75) is 45.6 Å². The SMILES string of the molecule is CCC1(C)CCC[N+]1(C)CC. The summed E-state index contributed by atoms with van der Waals surface area (Å²) in [5, 5.41) is 0. The normalized spacial score (nSPS) is 44.7. The molecule has 1 nitrogen and oxygen atoms in total. The highest BCUT2D eigenvalue weighted by molar-refractivity contribution is 4.79. The standard InChI is InChI=1S/C10H22N/c1-5-10(3)8-7-9-11(10,4)6-2/h5-9H2,1-4H3/q+1. The second-order valence-electron chi connectivity index (χ2n) is 4.39. The Morgan fingerprint density at radius 3 is 2.36 bits per heavy atom. The molecule has 2 unspecified atom stereocenters. The van der Waals surface area contributed by atoms with E-state index in [9.17, 15) is 0 Å².